The van der Waals surface area contributed by atoms with Gasteiger partial charge in [0.2, 0.25) is 0 Å². The lowest BCUT2D eigenvalue weighted by Crippen LogP contribution is -2.46. The van der Waals surface area contributed by atoms with Crippen LogP contribution in [0.5, 0.6) is 0 Å². The minimum Gasteiger partial charge on any atom is -0.396 e. The first-order chi connectivity index (χ1) is 7.16. The van der Waals surface area contributed by atoms with Crippen LogP contribution in [-0.4, -0.2) is 46.5 Å². The van der Waals surface area contributed by atoms with Crippen molar-refractivity contribution in [3.63, 3.8) is 0 Å². The van der Waals surface area contributed by atoms with Crippen LogP contribution in [0.15, 0.2) is 0 Å². The van der Waals surface area contributed by atoms with E-state index in [1.165, 1.54) is 0 Å². The first kappa shape index (κ1) is 13.3. The topological polar surface area (TPSA) is 52.5 Å². The van der Waals surface area contributed by atoms with E-state index in [0.29, 0.717) is 12.6 Å². The van der Waals surface area contributed by atoms with Crippen molar-refractivity contribution < 1.29 is 10.2 Å². The molecule has 3 N–H and O–H groups in total. The lowest BCUT2D eigenvalue weighted by molar-refractivity contribution is 0.0297. The summed E-state index contributed by atoms with van der Waals surface area (Å²) in [4.78, 5) is 0. The molecule has 1 fully saturated rings. The van der Waals surface area contributed by atoms with Crippen molar-refractivity contribution in [1.82, 2.24) is 5.32 Å². The monoisotopic (exact) mass is 233 g/mol. The maximum atomic E-state index is 10.2. The summed E-state index contributed by atoms with van der Waals surface area (Å²) in [6.07, 6.45) is 3.61. The van der Waals surface area contributed by atoms with Gasteiger partial charge in [0.25, 0.3) is 0 Å². The summed E-state index contributed by atoms with van der Waals surface area (Å²) < 4.78 is 0. The molecule has 1 aliphatic rings. The van der Waals surface area contributed by atoms with Gasteiger partial charge in [-0.1, -0.05) is 0 Å². The Balaban J connectivity index is 2.16. The van der Waals surface area contributed by atoms with Crippen LogP contribution in [0.4, 0.5) is 0 Å². The normalized spacial score (nSPS) is 22.6. The van der Waals surface area contributed by atoms with E-state index in [9.17, 15) is 5.11 Å². The van der Waals surface area contributed by atoms with Gasteiger partial charge in [-0.2, -0.15) is 11.8 Å². The van der Waals surface area contributed by atoms with Crippen LogP contribution in [0.25, 0.3) is 0 Å². The van der Waals surface area contributed by atoms with Crippen LogP contribution in [0.2, 0.25) is 0 Å². The molecule has 0 saturated carbocycles. The van der Waals surface area contributed by atoms with Gasteiger partial charge in [0, 0.05) is 19.2 Å². The van der Waals surface area contributed by atoms with Crippen LogP contribution in [0.3, 0.4) is 0 Å². The summed E-state index contributed by atoms with van der Waals surface area (Å²) in [5.41, 5.74) is -0.487. The van der Waals surface area contributed by atoms with Crippen LogP contribution < -0.4 is 5.32 Å². The lowest BCUT2D eigenvalue weighted by atomic mass is 9.96. The van der Waals surface area contributed by atoms with E-state index in [0.717, 1.165) is 37.2 Å². The number of aliphatic hydroxyl groups is 2. The fourth-order valence-corrected chi connectivity index (χ4v) is 3.04. The second kappa shape index (κ2) is 6.74. The molecule has 1 rings (SSSR count). The van der Waals surface area contributed by atoms with Crippen LogP contribution in [-0.2, 0) is 0 Å². The minimum absolute atomic E-state index is 0.257. The van der Waals surface area contributed by atoms with Crippen molar-refractivity contribution in [2.45, 2.75) is 44.2 Å². The fraction of sp³-hybridized carbons (Fsp3) is 1.00. The minimum atomic E-state index is -0.487. The van der Waals surface area contributed by atoms with Gasteiger partial charge in [0.15, 0.2) is 0 Å². The maximum absolute atomic E-state index is 10.2. The second-order valence-electron chi connectivity index (χ2n) is 4.48. The summed E-state index contributed by atoms with van der Waals surface area (Å²) in [5, 5.41) is 22.3. The zero-order valence-corrected chi connectivity index (χ0v) is 10.4. The Kier molecular flexibility index (Phi) is 5.97. The smallest absolute Gasteiger partial charge is 0.0787 e. The molecule has 1 aliphatic heterocycles. The van der Waals surface area contributed by atoms with E-state index < -0.39 is 5.60 Å². The van der Waals surface area contributed by atoms with Crippen LogP contribution in [0, 0.1) is 0 Å². The van der Waals surface area contributed by atoms with E-state index in [1.807, 2.05) is 11.8 Å². The molecule has 0 amide bonds. The molecule has 1 atom stereocenters. The van der Waals surface area contributed by atoms with Gasteiger partial charge < -0.3 is 15.5 Å². The molecular weight excluding hydrogens is 210 g/mol. The number of thioether (sulfide) groups is 1. The zero-order chi connectivity index (χ0) is 11.1. The Hall–Kier alpha value is 0.230. The lowest BCUT2D eigenvalue weighted by Gasteiger charge is -2.33. The molecule has 0 aromatic rings. The quantitative estimate of drug-likeness (QED) is 0.640. The highest BCUT2D eigenvalue weighted by Gasteiger charge is 2.29. The highest BCUT2D eigenvalue weighted by atomic mass is 32.2. The molecular formula is C11H23NO2S. The van der Waals surface area contributed by atoms with Crippen molar-refractivity contribution in [1.29, 1.82) is 0 Å². The molecule has 0 bridgehead atoms. The van der Waals surface area contributed by atoms with E-state index in [-0.39, 0.29) is 6.61 Å². The molecule has 1 unspecified atom stereocenters. The summed E-state index contributed by atoms with van der Waals surface area (Å²) in [5.74, 6) is 2.15. The molecule has 0 aromatic heterocycles. The fourth-order valence-electron chi connectivity index (χ4n) is 1.79. The summed E-state index contributed by atoms with van der Waals surface area (Å²) in [6.45, 7) is 3.06. The van der Waals surface area contributed by atoms with Gasteiger partial charge in [0.05, 0.1) is 5.60 Å². The van der Waals surface area contributed by atoms with Crippen molar-refractivity contribution in [2.75, 3.05) is 24.7 Å². The highest BCUT2D eigenvalue weighted by molar-refractivity contribution is 7.99. The predicted molar refractivity (Wildman–Crippen MR) is 65.3 cm³/mol. The highest BCUT2D eigenvalue weighted by Crippen LogP contribution is 2.26. The Morgan fingerprint density at radius 2 is 2.07 bits per heavy atom. The Bertz CT molecular complexity index is 172. The largest absolute Gasteiger partial charge is 0.396 e. The molecule has 1 saturated heterocycles. The van der Waals surface area contributed by atoms with E-state index in [4.69, 9.17) is 5.11 Å². The summed E-state index contributed by atoms with van der Waals surface area (Å²) in [6, 6.07) is 0.385. The Labute approximate surface area is 96.6 Å². The van der Waals surface area contributed by atoms with Gasteiger partial charge in [0.1, 0.15) is 0 Å². The first-order valence-corrected chi connectivity index (χ1v) is 6.96. The molecule has 0 aromatic carbocycles. The molecule has 4 heteroatoms. The molecule has 3 nitrogen and oxygen atoms in total. The van der Waals surface area contributed by atoms with E-state index in [1.54, 1.807) is 0 Å². The van der Waals surface area contributed by atoms with Crippen molar-refractivity contribution in [2.24, 2.45) is 0 Å². The number of nitrogens with one attached hydrogen (secondary N) is 1. The SMILES string of the molecule is CC(CCCO)NCC1(O)CCSCC1. The van der Waals surface area contributed by atoms with Gasteiger partial charge in [-0.05, 0) is 44.1 Å². The number of hydrogen-bond donors (Lipinski definition) is 3. The maximum Gasteiger partial charge on any atom is 0.0787 e. The number of hydrogen-bond acceptors (Lipinski definition) is 4. The van der Waals surface area contributed by atoms with Gasteiger partial charge in [-0.15, -0.1) is 0 Å². The second-order valence-corrected chi connectivity index (χ2v) is 5.71. The van der Waals surface area contributed by atoms with Crippen molar-refractivity contribution in [3.8, 4) is 0 Å². The summed E-state index contributed by atoms with van der Waals surface area (Å²) in [7, 11) is 0. The molecule has 15 heavy (non-hydrogen) atoms. The molecule has 90 valence electrons. The van der Waals surface area contributed by atoms with Gasteiger partial charge in [-0.25, -0.2) is 0 Å². The molecule has 0 spiro atoms. The Morgan fingerprint density at radius 1 is 1.40 bits per heavy atom. The van der Waals surface area contributed by atoms with Crippen LogP contribution >= 0.6 is 11.8 Å². The third kappa shape index (κ3) is 5.20. The third-order valence-corrected chi connectivity index (χ3v) is 3.98. The van der Waals surface area contributed by atoms with Crippen LogP contribution in [0.1, 0.15) is 32.6 Å². The number of rotatable bonds is 6. The number of aliphatic hydroxyl groups excluding tert-OH is 1. The average molecular weight is 233 g/mol. The Morgan fingerprint density at radius 3 is 2.67 bits per heavy atom. The van der Waals surface area contributed by atoms with Crippen molar-refractivity contribution in [3.05, 3.63) is 0 Å². The molecule has 0 aliphatic carbocycles. The van der Waals surface area contributed by atoms with E-state index in [2.05, 4.69) is 12.2 Å². The zero-order valence-electron chi connectivity index (χ0n) is 9.54. The average Bonchev–Trinajstić information content (AvgIpc) is 2.25. The molecule has 1 heterocycles. The standard InChI is InChI=1S/C11H23NO2S/c1-10(3-2-6-13)12-9-11(14)4-7-15-8-5-11/h10,12-14H,2-9H2,1H3. The molecule has 0 radical (unpaired) electrons. The summed E-state index contributed by atoms with van der Waals surface area (Å²) >= 11 is 1.92. The van der Waals surface area contributed by atoms with Gasteiger partial charge >= 0.3 is 0 Å². The first-order valence-electron chi connectivity index (χ1n) is 5.81. The van der Waals surface area contributed by atoms with Gasteiger partial charge in [-0.3, -0.25) is 0 Å². The predicted octanol–water partition coefficient (Wildman–Crippen LogP) is 0.995. The third-order valence-electron chi connectivity index (χ3n) is 3.00. The van der Waals surface area contributed by atoms with E-state index >= 15 is 0 Å². The van der Waals surface area contributed by atoms with Crippen molar-refractivity contribution >= 4 is 11.8 Å².